The van der Waals surface area contributed by atoms with E-state index in [1.807, 2.05) is 7.05 Å². The molecule has 0 spiro atoms. The molecule has 0 N–H and O–H groups in total. The maximum Gasteiger partial charge on any atom is 0.152 e. The number of nitrogens with zero attached hydrogens (tertiary/aromatic N) is 5. The first-order chi connectivity index (χ1) is 6.83. The van der Waals surface area contributed by atoms with Crippen molar-refractivity contribution in [1.29, 1.82) is 0 Å². The van der Waals surface area contributed by atoms with Crippen LogP contribution in [0.1, 0.15) is 18.7 Å². The van der Waals surface area contributed by atoms with Gasteiger partial charge in [-0.2, -0.15) is 0 Å². The van der Waals surface area contributed by atoms with E-state index in [2.05, 4.69) is 20.4 Å². The van der Waals surface area contributed by atoms with Crippen LogP contribution < -0.4 is 0 Å². The number of aromatic nitrogens is 4. The van der Waals surface area contributed by atoms with Crippen LogP contribution in [0, 0.1) is 5.92 Å². The molecule has 76 valence electrons. The molecule has 0 amide bonds. The van der Waals surface area contributed by atoms with Crippen LogP contribution in [0.15, 0.2) is 0 Å². The fourth-order valence-corrected chi connectivity index (χ4v) is 2.76. The molecule has 5 heteroatoms. The van der Waals surface area contributed by atoms with Gasteiger partial charge in [-0.1, -0.05) is 0 Å². The van der Waals surface area contributed by atoms with Gasteiger partial charge in [-0.25, -0.2) is 4.68 Å². The van der Waals surface area contributed by atoms with Gasteiger partial charge in [-0.3, -0.25) is 4.90 Å². The quantitative estimate of drug-likeness (QED) is 0.655. The van der Waals surface area contributed by atoms with Crippen LogP contribution in [0.5, 0.6) is 0 Å². The molecule has 3 unspecified atom stereocenters. The van der Waals surface area contributed by atoms with E-state index >= 15 is 0 Å². The van der Waals surface area contributed by atoms with Crippen LogP contribution in [-0.2, 0) is 13.5 Å². The number of tetrazole rings is 1. The second-order valence-corrected chi connectivity index (χ2v) is 4.46. The van der Waals surface area contributed by atoms with Crippen molar-refractivity contribution in [3.63, 3.8) is 0 Å². The Hall–Kier alpha value is -0.970. The Kier molecular flexibility index (Phi) is 1.80. The molecule has 5 nitrogen and oxygen atoms in total. The maximum absolute atomic E-state index is 4.04. The maximum atomic E-state index is 4.04. The number of rotatable bonds is 2. The molecule has 2 fully saturated rings. The molecule has 14 heavy (non-hydrogen) atoms. The molecule has 2 aliphatic heterocycles. The van der Waals surface area contributed by atoms with Crippen LogP contribution >= 0.6 is 0 Å². The number of aryl methyl sites for hydroxylation is 1. The van der Waals surface area contributed by atoms with E-state index in [0.29, 0.717) is 6.04 Å². The van der Waals surface area contributed by atoms with E-state index in [4.69, 9.17) is 0 Å². The number of fused-ring (bicyclic) bond motifs is 2. The third-order valence-corrected chi connectivity index (χ3v) is 3.57. The van der Waals surface area contributed by atoms with Crippen molar-refractivity contribution in [3.05, 3.63) is 5.82 Å². The SMILES string of the molecule is Cn1nnnc1CC1CC2CCN1C2. The Bertz CT molecular complexity index is 334. The molecule has 0 saturated carbocycles. The predicted molar refractivity (Wildman–Crippen MR) is 50.6 cm³/mol. The van der Waals surface area contributed by atoms with Gasteiger partial charge in [0.15, 0.2) is 5.82 Å². The van der Waals surface area contributed by atoms with Crippen molar-refractivity contribution >= 4 is 0 Å². The van der Waals surface area contributed by atoms with Gasteiger partial charge in [0, 0.05) is 26.1 Å². The minimum absolute atomic E-state index is 0.693. The summed E-state index contributed by atoms with van der Waals surface area (Å²) in [6, 6.07) is 0.693. The lowest BCUT2D eigenvalue weighted by Crippen LogP contribution is -2.32. The molecule has 3 atom stereocenters. The van der Waals surface area contributed by atoms with Crippen LogP contribution in [0.2, 0.25) is 0 Å². The van der Waals surface area contributed by atoms with Gasteiger partial charge < -0.3 is 0 Å². The number of piperidine rings is 1. The van der Waals surface area contributed by atoms with E-state index in [-0.39, 0.29) is 0 Å². The average Bonchev–Trinajstić information content (AvgIpc) is 2.83. The summed E-state index contributed by atoms with van der Waals surface area (Å²) in [6.07, 6.45) is 3.75. The summed E-state index contributed by atoms with van der Waals surface area (Å²) >= 11 is 0. The zero-order valence-corrected chi connectivity index (χ0v) is 8.43. The van der Waals surface area contributed by atoms with Gasteiger partial charge in [0.05, 0.1) is 0 Å². The highest BCUT2D eigenvalue weighted by Crippen LogP contribution is 2.33. The molecule has 2 bridgehead atoms. The third kappa shape index (κ3) is 1.23. The van der Waals surface area contributed by atoms with Crippen LogP contribution in [-0.4, -0.2) is 44.2 Å². The van der Waals surface area contributed by atoms with E-state index < -0.39 is 0 Å². The van der Waals surface area contributed by atoms with Crippen molar-refractivity contribution in [2.45, 2.75) is 25.3 Å². The first-order valence-corrected chi connectivity index (χ1v) is 5.28. The molecule has 1 aromatic heterocycles. The Labute approximate surface area is 83.1 Å². The topological polar surface area (TPSA) is 46.8 Å². The van der Waals surface area contributed by atoms with E-state index in [0.717, 1.165) is 18.2 Å². The first kappa shape index (κ1) is 8.35. The molecule has 0 aliphatic carbocycles. The van der Waals surface area contributed by atoms with Gasteiger partial charge in [0.1, 0.15) is 0 Å². The minimum atomic E-state index is 0.693. The largest absolute Gasteiger partial charge is 0.300 e. The first-order valence-electron chi connectivity index (χ1n) is 5.28. The second-order valence-electron chi connectivity index (χ2n) is 4.46. The number of hydrogen-bond donors (Lipinski definition) is 0. The molecule has 3 heterocycles. The highest BCUT2D eigenvalue weighted by Gasteiger charge is 2.37. The van der Waals surface area contributed by atoms with E-state index in [1.165, 1.54) is 25.9 Å². The Balaban J connectivity index is 1.71. The van der Waals surface area contributed by atoms with Crippen molar-refractivity contribution in [1.82, 2.24) is 25.1 Å². The lowest BCUT2D eigenvalue weighted by atomic mass is 9.98. The van der Waals surface area contributed by atoms with Crippen molar-refractivity contribution in [2.24, 2.45) is 13.0 Å². The van der Waals surface area contributed by atoms with Crippen LogP contribution in [0.3, 0.4) is 0 Å². The monoisotopic (exact) mass is 193 g/mol. The van der Waals surface area contributed by atoms with Crippen LogP contribution in [0.25, 0.3) is 0 Å². The normalized spacial score (nSPS) is 35.4. The Morgan fingerprint density at radius 3 is 3.00 bits per heavy atom. The molecule has 2 aliphatic rings. The van der Waals surface area contributed by atoms with E-state index in [1.54, 1.807) is 4.68 Å². The van der Waals surface area contributed by atoms with Crippen molar-refractivity contribution in [2.75, 3.05) is 13.1 Å². The van der Waals surface area contributed by atoms with Gasteiger partial charge in [0.2, 0.25) is 0 Å². The summed E-state index contributed by atoms with van der Waals surface area (Å²) in [5.41, 5.74) is 0. The molecule has 1 aromatic rings. The fourth-order valence-electron chi connectivity index (χ4n) is 2.76. The molecular weight excluding hydrogens is 178 g/mol. The summed E-state index contributed by atoms with van der Waals surface area (Å²) in [5.74, 6) is 1.96. The van der Waals surface area contributed by atoms with Crippen LogP contribution in [0.4, 0.5) is 0 Å². The second kappa shape index (κ2) is 3.02. The van der Waals surface area contributed by atoms with Gasteiger partial charge >= 0.3 is 0 Å². The van der Waals surface area contributed by atoms with Crippen molar-refractivity contribution < 1.29 is 0 Å². The minimum Gasteiger partial charge on any atom is -0.300 e. The zero-order chi connectivity index (χ0) is 9.54. The summed E-state index contributed by atoms with van der Waals surface area (Å²) < 4.78 is 1.78. The smallest absolute Gasteiger partial charge is 0.152 e. The summed E-state index contributed by atoms with van der Waals surface area (Å²) in [4.78, 5) is 2.58. The third-order valence-electron chi connectivity index (χ3n) is 3.57. The number of hydrogen-bond acceptors (Lipinski definition) is 4. The summed E-state index contributed by atoms with van der Waals surface area (Å²) in [7, 11) is 1.91. The lowest BCUT2D eigenvalue weighted by Gasteiger charge is -2.23. The highest BCUT2D eigenvalue weighted by molar-refractivity contribution is 4.97. The van der Waals surface area contributed by atoms with Gasteiger partial charge in [0.25, 0.3) is 0 Å². The van der Waals surface area contributed by atoms with Crippen molar-refractivity contribution in [3.8, 4) is 0 Å². The average molecular weight is 193 g/mol. The lowest BCUT2D eigenvalue weighted by molar-refractivity contribution is 0.255. The summed E-state index contributed by atoms with van der Waals surface area (Å²) in [5, 5.41) is 11.6. The van der Waals surface area contributed by atoms with E-state index in [9.17, 15) is 0 Å². The standard InChI is InChI=1S/C9H15N5/c1-13-9(10-11-12-13)5-8-4-7-2-3-14(8)6-7/h7-8H,2-6H2,1H3. The molecule has 0 radical (unpaired) electrons. The molecule has 0 aromatic carbocycles. The fraction of sp³-hybridized carbons (Fsp3) is 0.889. The zero-order valence-electron chi connectivity index (χ0n) is 8.43. The van der Waals surface area contributed by atoms with Gasteiger partial charge in [-0.05, 0) is 35.7 Å². The Morgan fingerprint density at radius 1 is 1.50 bits per heavy atom. The summed E-state index contributed by atoms with van der Waals surface area (Å²) in [6.45, 7) is 2.58. The molecule has 3 rings (SSSR count). The molecule has 2 saturated heterocycles. The Morgan fingerprint density at radius 2 is 2.43 bits per heavy atom. The van der Waals surface area contributed by atoms with Gasteiger partial charge in [-0.15, -0.1) is 5.10 Å². The predicted octanol–water partition coefficient (Wildman–Crippen LogP) is -0.153. The highest BCUT2D eigenvalue weighted by atomic mass is 15.5. The molecular formula is C9H15N5.